The van der Waals surface area contributed by atoms with Crippen LogP contribution in [0, 0.1) is 0 Å². The van der Waals surface area contributed by atoms with Crippen molar-refractivity contribution < 1.29 is 4.58 Å². The van der Waals surface area contributed by atoms with Gasteiger partial charge in [-0.1, -0.05) is 165 Å². The quantitative estimate of drug-likeness (QED) is 0.0680. The molecular formula is C47H73N2+. The molecule has 0 spiro atoms. The maximum absolute atomic E-state index is 2.56. The summed E-state index contributed by atoms with van der Waals surface area (Å²) < 4.78 is 2.56. The van der Waals surface area contributed by atoms with Gasteiger partial charge in [-0.15, -0.1) is 0 Å². The van der Waals surface area contributed by atoms with Crippen LogP contribution < -0.4 is 4.90 Å². The molecule has 0 fully saturated rings. The Bertz CT molecular complexity index is 1230. The van der Waals surface area contributed by atoms with E-state index in [1.54, 1.807) is 0 Å². The minimum Gasteiger partial charge on any atom is -0.372 e. The highest BCUT2D eigenvalue weighted by Gasteiger charge is 2.15. The molecule has 2 heteroatoms. The van der Waals surface area contributed by atoms with Crippen molar-refractivity contribution in [1.82, 2.24) is 0 Å². The molecule has 2 nitrogen and oxygen atoms in total. The Balaban J connectivity index is 1.57. The monoisotopic (exact) mass is 666 g/mol. The van der Waals surface area contributed by atoms with Crippen LogP contribution in [0.15, 0.2) is 84.5 Å². The second-order valence-corrected chi connectivity index (χ2v) is 14.4. The second kappa shape index (κ2) is 26.0. The number of rotatable bonds is 27. The van der Waals surface area contributed by atoms with Crippen LogP contribution in [0.25, 0.3) is 5.57 Å². The number of anilines is 1. The van der Waals surface area contributed by atoms with Gasteiger partial charge in [-0.3, -0.25) is 0 Å². The number of unbranched alkanes of at least 4 members (excludes halogenated alkanes) is 18. The van der Waals surface area contributed by atoms with Gasteiger partial charge in [0.1, 0.15) is 13.1 Å². The lowest BCUT2D eigenvalue weighted by Gasteiger charge is -2.24. The van der Waals surface area contributed by atoms with Crippen LogP contribution in [0.1, 0.15) is 167 Å². The fraction of sp³-hybridized carbons (Fsp3) is 0.596. The molecule has 0 aromatic heterocycles. The molecule has 0 N–H and O–H groups in total. The summed E-state index contributed by atoms with van der Waals surface area (Å²) in [6.45, 7) is 13.6. The summed E-state index contributed by atoms with van der Waals surface area (Å²) in [6, 6.07) is 20.3. The predicted molar refractivity (Wildman–Crippen MR) is 219 cm³/mol. The molecule has 270 valence electrons. The van der Waals surface area contributed by atoms with Crippen LogP contribution in [0.4, 0.5) is 5.69 Å². The van der Waals surface area contributed by atoms with Crippen molar-refractivity contribution in [2.45, 2.75) is 156 Å². The Hall–Kier alpha value is -2.87. The molecule has 0 saturated carbocycles. The Morgan fingerprint density at radius 2 is 0.959 bits per heavy atom. The van der Waals surface area contributed by atoms with Gasteiger partial charge in [0.2, 0.25) is 0 Å². The maximum Gasteiger partial charge on any atom is 0.199 e. The van der Waals surface area contributed by atoms with Gasteiger partial charge in [0.15, 0.2) is 5.71 Å². The van der Waals surface area contributed by atoms with Gasteiger partial charge in [-0.2, -0.15) is 0 Å². The minimum atomic E-state index is 1.06. The second-order valence-electron chi connectivity index (χ2n) is 14.4. The summed E-state index contributed by atoms with van der Waals surface area (Å²) in [6.07, 6.45) is 37.1. The molecule has 0 unspecified atom stereocenters. The third-order valence-electron chi connectivity index (χ3n) is 10.4. The first-order chi connectivity index (χ1) is 24.2. The fourth-order valence-electron chi connectivity index (χ4n) is 7.30. The number of hydrogen-bond acceptors (Lipinski definition) is 1. The summed E-state index contributed by atoms with van der Waals surface area (Å²) in [5.74, 6) is 0. The van der Waals surface area contributed by atoms with Crippen LogP contribution in [0.3, 0.4) is 0 Å². The van der Waals surface area contributed by atoms with Crippen LogP contribution in [0.5, 0.6) is 0 Å². The highest BCUT2D eigenvalue weighted by Crippen LogP contribution is 2.31. The van der Waals surface area contributed by atoms with Crippen LogP contribution in [0.2, 0.25) is 0 Å². The molecule has 0 radical (unpaired) electrons. The van der Waals surface area contributed by atoms with Crippen molar-refractivity contribution in [2.75, 3.05) is 31.1 Å². The summed E-state index contributed by atoms with van der Waals surface area (Å²) in [4.78, 5) is 2.56. The molecule has 0 bridgehead atoms. The van der Waals surface area contributed by atoms with E-state index >= 15 is 0 Å². The molecule has 0 aliphatic heterocycles. The van der Waals surface area contributed by atoms with E-state index in [1.807, 2.05) is 0 Å². The molecule has 0 heterocycles. The standard InChI is InChI=1S/C47H73N2/c1-5-9-11-13-15-17-19-21-23-28-40-48(7-3)45-36-32-43(33-37-45)47(42-30-26-25-27-31-42)44-34-38-46(39-35-44)49(8-4)41-29-24-22-20-18-16-14-12-10-6-2/h25-27,30-39H,5-24,28-29,40-41H2,1-4H3/q+1. The van der Waals surface area contributed by atoms with Crippen molar-refractivity contribution in [3.8, 4) is 0 Å². The van der Waals surface area contributed by atoms with Crippen molar-refractivity contribution in [2.24, 2.45) is 0 Å². The van der Waals surface area contributed by atoms with Gasteiger partial charge >= 0.3 is 0 Å². The Kier molecular flexibility index (Phi) is 21.5. The zero-order valence-electron chi connectivity index (χ0n) is 32.4. The zero-order valence-corrected chi connectivity index (χ0v) is 32.4. The average Bonchev–Trinajstić information content (AvgIpc) is 3.14. The van der Waals surface area contributed by atoms with Gasteiger partial charge in [0.05, 0.1) is 0 Å². The SMILES string of the molecule is CCCCCCCCCCCCN(CC)c1ccc(C(=C2C=CC(=[N+](CC)CCCCCCCCCCCC)C=C2)c2ccccc2)cc1. The Morgan fingerprint density at radius 1 is 0.490 bits per heavy atom. The lowest BCUT2D eigenvalue weighted by Crippen LogP contribution is -2.23. The maximum atomic E-state index is 2.56. The number of allylic oxidation sites excluding steroid dienone is 5. The molecule has 1 aliphatic rings. The van der Waals surface area contributed by atoms with Gasteiger partial charge < -0.3 is 4.90 Å². The molecule has 3 rings (SSSR count). The normalized spacial score (nSPS) is 12.6. The number of nitrogens with zero attached hydrogens (tertiary/aromatic N) is 2. The van der Waals surface area contributed by atoms with E-state index in [4.69, 9.17) is 0 Å². The highest BCUT2D eigenvalue weighted by atomic mass is 15.1. The molecule has 2 aromatic carbocycles. The summed E-state index contributed by atoms with van der Waals surface area (Å²) in [5.41, 5.74) is 7.85. The third-order valence-corrected chi connectivity index (χ3v) is 10.4. The number of hydrogen-bond donors (Lipinski definition) is 0. The molecular weight excluding hydrogens is 593 g/mol. The van der Waals surface area contributed by atoms with Gasteiger partial charge in [0, 0.05) is 37.3 Å². The van der Waals surface area contributed by atoms with E-state index in [0.717, 1.165) is 26.2 Å². The van der Waals surface area contributed by atoms with E-state index in [0.29, 0.717) is 0 Å². The minimum absolute atomic E-state index is 1.06. The van der Waals surface area contributed by atoms with Crippen molar-refractivity contribution in [1.29, 1.82) is 0 Å². The first-order valence-electron chi connectivity index (χ1n) is 20.8. The van der Waals surface area contributed by atoms with Crippen molar-refractivity contribution >= 4 is 17.0 Å². The molecule has 0 amide bonds. The Labute approximate surface area is 303 Å². The van der Waals surface area contributed by atoms with Crippen LogP contribution in [-0.4, -0.2) is 36.5 Å². The van der Waals surface area contributed by atoms with Gasteiger partial charge in [-0.25, -0.2) is 4.58 Å². The molecule has 0 atom stereocenters. The summed E-state index contributed by atoms with van der Waals surface area (Å²) in [5, 5.41) is 0. The predicted octanol–water partition coefficient (Wildman–Crippen LogP) is 13.8. The van der Waals surface area contributed by atoms with Crippen molar-refractivity contribution in [3.63, 3.8) is 0 Å². The van der Waals surface area contributed by atoms with Gasteiger partial charge in [-0.05, 0) is 73.2 Å². The first-order valence-corrected chi connectivity index (χ1v) is 20.8. The van der Waals surface area contributed by atoms with Gasteiger partial charge in [0.25, 0.3) is 0 Å². The zero-order chi connectivity index (χ0) is 34.8. The molecule has 49 heavy (non-hydrogen) atoms. The molecule has 1 aliphatic carbocycles. The average molecular weight is 666 g/mol. The Morgan fingerprint density at radius 3 is 1.45 bits per heavy atom. The van der Waals surface area contributed by atoms with E-state index in [2.05, 4.69) is 116 Å². The van der Waals surface area contributed by atoms with Crippen LogP contribution in [-0.2, 0) is 0 Å². The first kappa shape index (κ1) is 40.6. The molecule has 0 saturated heterocycles. The lowest BCUT2D eigenvalue weighted by molar-refractivity contribution is -0.523. The third kappa shape index (κ3) is 15.7. The van der Waals surface area contributed by atoms with E-state index in [9.17, 15) is 0 Å². The van der Waals surface area contributed by atoms with Crippen molar-refractivity contribution in [3.05, 3.63) is 95.6 Å². The van der Waals surface area contributed by atoms with E-state index in [-0.39, 0.29) is 0 Å². The smallest absolute Gasteiger partial charge is 0.199 e. The summed E-state index contributed by atoms with van der Waals surface area (Å²) >= 11 is 0. The summed E-state index contributed by atoms with van der Waals surface area (Å²) in [7, 11) is 0. The molecule has 2 aromatic rings. The lowest BCUT2D eigenvalue weighted by atomic mass is 9.90. The van der Waals surface area contributed by atoms with E-state index in [1.165, 1.54) is 162 Å². The van der Waals surface area contributed by atoms with E-state index < -0.39 is 0 Å². The fourth-order valence-corrected chi connectivity index (χ4v) is 7.30. The van der Waals surface area contributed by atoms with Crippen LogP contribution >= 0.6 is 0 Å². The highest BCUT2D eigenvalue weighted by molar-refractivity contribution is 6.04. The number of benzene rings is 2. The topological polar surface area (TPSA) is 6.25 Å². The largest absolute Gasteiger partial charge is 0.372 e.